The van der Waals surface area contributed by atoms with Crippen LogP contribution < -0.4 is 18.9 Å². The molecule has 5 aromatic rings. The van der Waals surface area contributed by atoms with Crippen molar-refractivity contribution in [2.24, 2.45) is 0 Å². The molecule has 0 atom stereocenters. The first-order valence-electron chi connectivity index (χ1n) is 14.7. The van der Waals surface area contributed by atoms with Gasteiger partial charge in [-0.3, -0.25) is 9.59 Å². The van der Waals surface area contributed by atoms with Gasteiger partial charge in [0.2, 0.25) is 0 Å². The summed E-state index contributed by atoms with van der Waals surface area (Å²) in [7, 11) is 1.53. The molecule has 0 aliphatic heterocycles. The first-order valence-corrected chi connectivity index (χ1v) is 14.7. The molecule has 2 N–H and O–H groups in total. The molecule has 0 aliphatic rings. The van der Waals surface area contributed by atoms with Gasteiger partial charge < -0.3 is 29.2 Å². The van der Waals surface area contributed by atoms with E-state index in [4.69, 9.17) is 18.9 Å². The molecular formula is C38H34O8. The van der Waals surface area contributed by atoms with Gasteiger partial charge in [0.05, 0.1) is 20.0 Å². The van der Waals surface area contributed by atoms with Crippen LogP contribution >= 0.6 is 0 Å². The molecule has 0 heterocycles. The number of ether oxygens (including phenoxy) is 4. The monoisotopic (exact) mass is 618 g/mol. The van der Waals surface area contributed by atoms with Crippen molar-refractivity contribution in [3.8, 4) is 34.1 Å². The normalized spacial score (nSPS) is 10.6. The lowest BCUT2D eigenvalue weighted by atomic mass is 10.0. The predicted molar refractivity (Wildman–Crippen MR) is 173 cm³/mol. The quantitative estimate of drug-likeness (QED) is 0.125. The highest BCUT2D eigenvalue weighted by Crippen LogP contribution is 2.28. The molecule has 0 bridgehead atoms. The maximum Gasteiger partial charge on any atom is 0.307 e. The molecule has 8 nitrogen and oxygen atoms in total. The van der Waals surface area contributed by atoms with Gasteiger partial charge in [0.1, 0.15) is 42.8 Å². The lowest BCUT2D eigenvalue weighted by molar-refractivity contribution is -0.137. The molecule has 46 heavy (non-hydrogen) atoms. The molecule has 0 spiro atoms. The Morgan fingerprint density at radius 2 is 0.891 bits per heavy atom. The van der Waals surface area contributed by atoms with Gasteiger partial charge in [-0.15, -0.1) is 0 Å². The van der Waals surface area contributed by atoms with Gasteiger partial charge in [0, 0.05) is 12.1 Å². The van der Waals surface area contributed by atoms with Gasteiger partial charge in [-0.2, -0.15) is 0 Å². The average molecular weight is 619 g/mol. The van der Waals surface area contributed by atoms with E-state index in [-0.39, 0.29) is 26.1 Å². The highest BCUT2D eigenvalue weighted by atomic mass is 16.5. The van der Waals surface area contributed by atoms with Crippen molar-refractivity contribution in [2.75, 3.05) is 7.11 Å². The standard InChI is InChI=1S/C38H34O8/c1-43-33-15-29(19-37(39)40)16-34(21-33)45-24-27-9-5-11-31(13-27)32-12-6-10-28(14-32)25-46-36-18-30(20-38(41)42)17-35(22-36)44-23-26-7-3-2-4-8-26/h2-18,21-22H,19-20,23-25H2,1H3,(H,39,40)(H,41,42). The molecule has 0 aromatic heterocycles. The third-order valence-corrected chi connectivity index (χ3v) is 7.07. The van der Waals surface area contributed by atoms with E-state index in [0.717, 1.165) is 27.8 Å². The maximum absolute atomic E-state index is 11.4. The van der Waals surface area contributed by atoms with Crippen LogP contribution in [0.5, 0.6) is 23.0 Å². The fourth-order valence-electron chi connectivity index (χ4n) is 4.94. The summed E-state index contributed by atoms with van der Waals surface area (Å²) in [6.45, 7) is 0.922. The SMILES string of the molecule is COc1cc(CC(=O)O)cc(OCc2cccc(-c3cccc(COc4cc(CC(=O)O)cc(OCc5ccccc5)c4)c3)c2)c1. The molecule has 5 rings (SSSR count). The van der Waals surface area contributed by atoms with E-state index in [1.54, 1.807) is 36.4 Å². The lowest BCUT2D eigenvalue weighted by Crippen LogP contribution is -2.03. The van der Waals surface area contributed by atoms with Gasteiger partial charge in [-0.1, -0.05) is 66.7 Å². The molecule has 0 saturated carbocycles. The Morgan fingerprint density at radius 3 is 1.35 bits per heavy atom. The molecule has 0 unspecified atom stereocenters. The van der Waals surface area contributed by atoms with Crippen molar-refractivity contribution in [3.05, 3.63) is 143 Å². The summed E-state index contributed by atoms with van der Waals surface area (Å²) in [4.78, 5) is 22.6. The average Bonchev–Trinajstić information content (AvgIpc) is 3.05. The number of methoxy groups -OCH3 is 1. The zero-order valence-electron chi connectivity index (χ0n) is 25.3. The van der Waals surface area contributed by atoms with Crippen LogP contribution in [0.1, 0.15) is 27.8 Å². The number of hydrogen-bond acceptors (Lipinski definition) is 6. The van der Waals surface area contributed by atoms with E-state index < -0.39 is 11.9 Å². The Bertz CT molecular complexity index is 1800. The summed E-state index contributed by atoms with van der Waals surface area (Å²) >= 11 is 0. The van der Waals surface area contributed by atoms with Gasteiger partial charge in [0.15, 0.2) is 0 Å². The van der Waals surface area contributed by atoms with Crippen molar-refractivity contribution in [1.82, 2.24) is 0 Å². The van der Waals surface area contributed by atoms with Crippen molar-refractivity contribution < 1.29 is 38.7 Å². The highest BCUT2D eigenvalue weighted by molar-refractivity contribution is 5.71. The summed E-state index contributed by atoms with van der Waals surface area (Å²) in [6, 6.07) is 36.1. The van der Waals surface area contributed by atoms with Gasteiger partial charge in [-0.05, 0) is 75.3 Å². The number of aliphatic carboxylic acids is 2. The number of benzene rings is 5. The van der Waals surface area contributed by atoms with Crippen LogP contribution in [0.25, 0.3) is 11.1 Å². The molecule has 0 aliphatic carbocycles. The lowest BCUT2D eigenvalue weighted by Gasteiger charge is -2.13. The van der Waals surface area contributed by atoms with Crippen LogP contribution in [0.3, 0.4) is 0 Å². The smallest absolute Gasteiger partial charge is 0.307 e. The highest BCUT2D eigenvalue weighted by Gasteiger charge is 2.10. The van der Waals surface area contributed by atoms with Crippen LogP contribution in [0.15, 0.2) is 115 Å². The first-order chi connectivity index (χ1) is 22.3. The molecule has 8 heteroatoms. The molecule has 5 aromatic carbocycles. The van der Waals surface area contributed by atoms with E-state index in [2.05, 4.69) is 0 Å². The number of hydrogen-bond donors (Lipinski definition) is 2. The van der Waals surface area contributed by atoms with Gasteiger partial charge in [-0.25, -0.2) is 0 Å². The number of carboxylic acids is 2. The summed E-state index contributed by atoms with van der Waals surface area (Å²) < 4.78 is 23.4. The zero-order chi connectivity index (χ0) is 32.3. The second-order valence-electron chi connectivity index (χ2n) is 10.7. The number of carboxylic acid groups (broad SMARTS) is 2. The van der Waals surface area contributed by atoms with E-state index in [9.17, 15) is 19.8 Å². The van der Waals surface area contributed by atoms with Crippen molar-refractivity contribution in [3.63, 3.8) is 0 Å². The third-order valence-electron chi connectivity index (χ3n) is 7.07. The minimum absolute atomic E-state index is 0.125. The largest absolute Gasteiger partial charge is 0.497 e. The third kappa shape index (κ3) is 9.37. The van der Waals surface area contributed by atoms with Crippen LogP contribution in [-0.4, -0.2) is 29.3 Å². The van der Waals surface area contributed by atoms with Crippen LogP contribution in [0.4, 0.5) is 0 Å². The molecule has 0 fully saturated rings. The Morgan fingerprint density at radius 1 is 0.478 bits per heavy atom. The van der Waals surface area contributed by atoms with Crippen LogP contribution in [-0.2, 0) is 42.3 Å². The fourth-order valence-corrected chi connectivity index (χ4v) is 4.94. The van der Waals surface area contributed by atoms with Crippen LogP contribution in [0.2, 0.25) is 0 Å². The minimum Gasteiger partial charge on any atom is -0.497 e. The topological polar surface area (TPSA) is 112 Å². The maximum atomic E-state index is 11.4. The Labute approximate surface area is 267 Å². The first kappa shape index (κ1) is 31.7. The van der Waals surface area contributed by atoms with E-state index in [0.29, 0.717) is 40.7 Å². The summed E-state index contributed by atoms with van der Waals surface area (Å²) in [5.41, 5.74) is 6.08. The Kier molecular flexibility index (Phi) is 10.5. The number of carbonyl (C=O) groups is 2. The van der Waals surface area contributed by atoms with Crippen molar-refractivity contribution in [2.45, 2.75) is 32.7 Å². The van der Waals surface area contributed by atoms with Gasteiger partial charge in [0.25, 0.3) is 0 Å². The molecular weight excluding hydrogens is 584 g/mol. The Balaban J connectivity index is 1.26. The Hall–Kier alpha value is -5.76. The summed E-state index contributed by atoms with van der Waals surface area (Å²) in [5, 5.41) is 18.5. The zero-order valence-corrected chi connectivity index (χ0v) is 25.3. The molecule has 0 amide bonds. The second-order valence-corrected chi connectivity index (χ2v) is 10.7. The molecule has 0 radical (unpaired) electrons. The fraction of sp³-hybridized carbons (Fsp3) is 0.158. The van der Waals surface area contributed by atoms with Crippen LogP contribution in [0, 0.1) is 0 Å². The van der Waals surface area contributed by atoms with Crippen molar-refractivity contribution >= 4 is 11.9 Å². The minimum atomic E-state index is -0.932. The van der Waals surface area contributed by atoms with E-state index in [1.807, 2.05) is 78.9 Å². The molecule has 0 saturated heterocycles. The summed E-state index contributed by atoms with van der Waals surface area (Å²) in [5.74, 6) is 0.266. The number of rotatable bonds is 15. The van der Waals surface area contributed by atoms with Crippen molar-refractivity contribution in [1.29, 1.82) is 0 Å². The summed E-state index contributed by atoms with van der Waals surface area (Å²) in [6.07, 6.45) is -0.268. The van der Waals surface area contributed by atoms with Gasteiger partial charge >= 0.3 is 11.9 Å². The van der Waals surface area contributed by atoms with E-state index >= 15 is 0 Å². The second kappa shape index (κ2) is 15.3. The van der Waals surface area contributed by atoms with E-state index in [1.165, 1.54) is 7.11 Å². The molecule has 234 valence electrons. The predicted octanol–water partition coefficient (Wildman–Crippen LogP) is 7.35.